The van der Waals surface area contributed by atoms with Gasteiger partial charge in [-0.05, 0) is 29.8 Å². The van der Waals surface area contributed by atoms with Crippen LogP contribution in [0.5, 0.6) is 28.7 Å². The van der Waals surface area contributed by atoms with E-state index in [1.54, 1.807) is 26.4 Å². The van der Waals surface area contributed by atoms with Crippen molar-refractivity contribution < 1.29 is 33.6 Å². The summed E-state index contributed by atoms with van der Waals surface area (Å²) in [6.07, 6.45) is 0.438. The van der Waals surface area contributed by atoms with E-state index in [2.05, 4.69) is 4.98 Å². The second-order valence-corrected chi connectivity index (χ2v) is 6.06. The molecule has 0 radical (unpaired) electrons. The standard InChI is InChI=1S/C21H21NO7/c1-25-16-6-5-12(8-17(16)26-2)7-15-13-9-18(27-3)19(28-4)10-14(13)20(11-22-15)29-21(23)24/h5-6,8-11H,7H2,1-4H3,(H,23,24). The Morgan fingerprint density at radius 3 is 2.00 bits per heavy atom. The summed E-state index contributed by atoms with van der Waals surface area (Å²) < 4.78 is 26.3. The number of benzene rings is 2. The van der Waals surface area contributed by atoms with Gasteiger partial charge in [0.05, 0.1) is 40.3 Å². The fourth-order valence-electron chi connectivity index (χ4n) is 3.10. The predicted molar refractivity (Wildman–Crippen MR) is 106 cm³/mol. The average Bonchev–Trinajstić information content (AvgIpc) is 2.73. The maximum absolute atomic E-state index is 11.1. The zero-order valence-corrected chi connectivity index (χ0v) is 16.5. The van der Waals surface area contributed by atoms with E-state index in [-0.39, 0.29) is 5.75 Å². The molecule has 0 spiro atoms. The molecule has 0 amide bonds. The topological polar surface area (TPSA) is 96.3 Å². The van der Waals surface area contributed by atoms with Gasteiger partial charge < -0.3 is 28.8 Å². The molecule has 3 rings (SSSR count). The van der Waals surface area contributed by atoms with Crippen LogP contribution in [0.2, 0.25) is 0 Å². The van der Waals surface area contributed by atoms with E-state index in [9.17, 15) is 4.79 Å². The number of hydrogen-bond acceptors (Lipinski definition) is 7. The summed E-state index contributed by atoms with van der Waals surface area (Å²) in [7, 11) is 6.19. The highest BCUT2D eigenvalue weighted by molar-refractivity contribution is 5.93. The van der Waals surface area contributed by atoms with Crippen molar-refractivity contribution in [1.29, 1.82) is 0 Å². The number of fused-ring (bicyclic) bond motifs is 1. The van der Waals surface area contributed by atoms with Crippen LogP contribution in [0.25, 0.3) is 10.8 Å². The molecule has 0 aliphatic rings. The molecule has 8 nitrogen and oxygen atoms in total. The van der Waals surface area contributed by atoms with Crippen LogP contribution in [0, 0.1) is 0 Å². The van der Waals surface area contributed by atoms with Crippen molar-refractivity contribution >= 4 is 16.9 Å². The molecular weight excluding hydrogens is 378 g/mol. The summed E-state index contributed by atoms with van der Waals surface area (Å²) in [5.74, 6) is 2.32. The summed E-state index contributed by atoms with van der Waals surface area (Å²) in [5, 5.41) is 10.3. The van der Waals surface area contributed by atoms with Gasteiger partial charge in [0, 0.05) is 17.2 Å². The predicted octanol–water partition coefficient (Wildman–Crippen LogP) is 3.92. The molecular formula is C21H21NO7. The lowest BCUT2D eigenvalue weighted by Gasteiger charge is -2.14. The van der Waals surface area contributed by atoms with Gasteiger partial charge in [-0.3, -0.25) is 4.98 Å². The number of methoxy groups -OCH3 is 4. The highest BCUT2D eigenvalue weighted by Crippen LogP contribution is 2.38. The minimum atomic E-state index is -1.42. The molecule has 0 unspecified atom stereocenters. The number of rotatable bonds is 7. The Kier molecular flexibility index (Phi) is 5.92. The van der Waals surface area contributed by atoms with Gasteiger partial charge in [0.25, 0.3) is 0 Å². The van der Waals surface area contributed by atoms with E-state index in [1.807, 2.05) is 18.2 Å². The van der Waals surface area contributed by atoms with Crippen molar-refractivity contribution in [1.82, 2.24) is 4.98 Å². The van der Waals surface area contributed by atoms with E-state index in [0.29, 0.717) is 45.9 Å². The molecule has 0 bridgehead atoms. The SMILES string of the molecule is COc1ccc(Cc2ncc(OC(=O)O)c3cc(OC)c(OC)cc23)cc1OC. The molecule has 29 heavy (non-hydrogen) atoms. The highest BCUT2D eigenvalue weighted by Gasteiger charge is 2.17. The highest BCUT2D eigenvalue weighted by atomic mass is 16.7. The monoisotopic (exact) mass is 399 g/mol. The van der Waals surface area contributed by atoms with Crippen molar-refractivity contribution in [2.24, 2.45) is 0 Å². The molecule has 8 heteroatoms. The number of carbonyl (C=O) groups is 1. The first-order valence-corrected chi connectivity index (χ1v) is 8.66. The maximum atomic E-state index is 11.1. The second kappa shape index (κ2) is 8.55. The third kappa shape index (κ3) is 4.11. The quantitative estimate of drug-likeness (QED) is 0.597. The van der Waals surface area contributed by atoms with Gasteiger partial charge in [0.15, 0.2) is 28.7 Å². The van der Waals surface area contributed by atoms with Gasteiger partial charge in [0.2, 0.25) is 0 Å². The smallest absolute Gasteiger partial charge is 0.493 e. The van der Waals surface area contributed by atoms with Gasteiger partial charge in [0.1, 0.15) is 0 Å². The molecule has 152 valence electrons. The largest absolute Gasteiger partial charge is 0.511 e. The van der Waals surface area contributed by atoms with Gasteiger partial charge in [-0.1, -0.05) is 6.07 Å². The fourth-order valence-corrected chi connectivity index (χ4v) is 3.10. The minimum absolute atomic E-state index is 0.115. The first-order chi connectivity index (χ1) is 14.0. The Labute approximate surface area is 167 Å². The fraction of sp³-hybridized carbons (Fsp3) is 0.238. The summed E-state index contributed by atoms with van der Waals surface area (Å²) in [4.78, 5) is 15.5. The zero-order valence-electron chi connectivity index (χ0n) is 16.5. The van der Waals surface area contributed by atoms with Crippen LogP contribution in [-0.2, 0) is 6.42 Å². The lowest BCUT2D eigenvalue weighted by Crippen LogP contribution is -2.05. The Hall–Kier alpha value is -3.68. The van der Waals surface area contributed by atoms with Crippen LogP contribution < -0.4 is 23.7 Å². The molecule has 2 aromatic carbocycles. The van der Waals surface area contributed by atoms with Crippen LogP contribution in [0.4, 0.5) is 4.79 Å². The Morgan fingerprint density at radius 1 is 0.828 bits per heavy atom. The van der Waals surface area contributed by atoms with Crippen molar-refractivity contribution in [2.75, 3.05) is 28.4 Å². The van der Waals surface area contributed by atoms with Crippen LogP contribution in [0.15, 0.2) is 36.5 Å². The number of ether oxygens (including phenoxy) is 5. The number of pyridine rings is 1. The van der Waals surface area contributed by atoms with Crippen molar-refractivity contribution in [3.63, 3.8) is 0 Å². The molecule has 0 saturated heterocycles. The van der Waals surface area contributed by atoms with Crippen molar-refractivity contribution in [3.8, 4) is 28.7 Å². The van der Waals surface area contributed by atoms with Crippen LogP contribution in [0.3, 0.4) is 0 Å². The zero-order chi connectivity index (χ0) is 21.0. The molecule has 0 saturated carbocycles. The number of nitrogens with zero attached hydrogens (tertiary/aromatic N) is 1. The number of carboxylic acid groups (broad SMARTS) is 1. The molecule has 0 fully saturated rings. The van der Waals surface area contributed by atoms with Gasteiger partial charge >= 0.3 is 6.16 Å². The lowest BCUT2D eigenvalue weighted by molar-refractivity contribution is 0.145. The minimum Gasteiger partial charge on any atom is -0.493 e. The third-order valence-electron chi connectivity index (χ3n) is 4.45. The van der Waals surface area contributed by atoms with E-state index in [4.69, 9.17) is 28.8 Å². The first-order valence-electron chi connectivity index (χ1n) is 8.66. The van der Waals surface area contributed by atoms with Gasteiger partial charge in [-0.25, -0.2) is 4.79 Å². The molecule has 3 aromatic rings. The summed E-state index contributed by atoms with van der Waals surface area (Å²) in [5.41, 5.74) is 1.66. The Morgan fingerprint density at radius 2 is 1.41 bits per heavy atom. The van der Waals surface area contributed by atoms with E-state index in [1.165, 1.54) is 20.4 Å². The van der Waals surface area contributed by atoms with Crippen LogP contribution in [0.1, 0.15) is 11.3 Å². The maximum Gasteiger partial charge on any atom is 0.511 e. The number of hydrogen-bond donors (Lipinski definition) is 1. The average molecular weight is 399 g/mol. The third-order valence-corrected chi connectivity index (χ3v) is 4.45. The van der Waals surface area contributed by atoms with Crippen LogP contribution in [-0.4, -0.2) is 44.7 Å². The summed E-state index contributed by atoms with van der Waals surface area (Å²) >= 11 is 0. The van der Waals surface area contributed by atoms with Crippen molar-refractivity contribution in [3.05, 3.63) is 47.8 Å². The molecule has 1 N–H and O–H groups in total. The lowest BCUT2D eigenvalue weighted by atomic mass is 10.0. The molecule has 1 heterocycles. The molecule has 0 aliphatic heterocycles. The molecule has 0 aliphatic carbocycles. The summed E-state index contributed by atoms with van der Waals surface area (Å²) in [6, 6.07) is 9.03. The number of aromatic nitrogens is 1. The summed E-state index contributed by atoms with van der Waals surface area (Å²) in [6.45, 7) is 0. The van der Waals surface area contributed by atoms with Gasteiger partial charge in [-0.2, -0.15) is 0 Å². The second-order valence-electron chi connectivity index (χ2n) is 6.06. The van der Waals surface area contributed by atoms with Crippen LogP contribution >= 0.6 is 0 Å². The van der Waals surface area contributed by atoms with Gasteiger partial charge in [-0.15, -0.1) is 0 Å². The Bertz CT molecular complexity index is 1050. The molecule has 1 aromatic heterocycles. The van der Waals surface area contributed by atoms with E-state index < -0.39 is 6.16 Å². The van der Waals surface area contributed by atoms with E-state index in [0.717, 1.165) is 5.56 Å². The normalized spacial score (nSPS) is 10.5. The van der Waals surface area contributed by atoms with E-state index >= 15 is 0 Å². The van der Waals surface area contributed by atoms with Crippen molar-refractivity contribution in [2.45, 2.75) is 6.42 Å². The first kappa shape index (κ1) is 20.1. The molecule has 0 atom stereocenters. The Balaban J connectivity index is 2.13.